The van der Waals surface area contributed by atoms with Crippen molar-refractivity contribution in [1.29, 1.82) is 0 Å². The normalized spacial score (nSPS) is 18.5. The van der Waals surface area contributed by atoms with Gasteiger partial charge in [0.15, 0.2) is 11.6 Å². The van der Waals surface area contributed by atoms with Gasteiger partial charge in [0.25, 0.3) is 0 Å². The van der Waals surface area contributed by atoms with Gasteiger partial charge in [-0.1, -0.05) is 12.1 Å². The number of piperidine rings is 1. The van der Waals surface area contributed by atoms with Gasteiger partial charge in [-0.3, -0.25) is 4.79 Å². The first-order valence-electron chi connectivity index (χ1n) is 10.8. The number of amides is 1. The fraction of sp³-hybridized carbons (Fsp3) is 0.391. The number of rotatable bonds is 4. The van der Waals surface area contributed by atoms with Crippen molar-refractivity contribution in [2.75, 3.05) is 30.4 Å². The van der Waals surface area contributed by atoms with Crippen LogP contribution in [0, 0.1) is 6.92 Å². The number of nitrogens with zero attached hydrogens (tertiary/aromatic N) is 5. The third-order valence-electron chi connectivity index (χ3n) is 6.15. The number of carbonyl (C=O) groups excluding carboxylic acids is 1. The molecule has 0 saturated carbocycles. The molecule has 0 bridgehead atoms. The molecule has 1 amide bonds. The number of aryl methyl sites for hydroxylation is 1. The summed E-state index contributed by atoms with van der Waals surface area (Å²) in [6.45, 7) is 4.01. The minimum Gasteiger partial charge on any atom is -0.497 e. The zero-order valence-corrected chi connectivity index (χ0v) is 17.8. The number of hydrogen-bond donors (Lipinski definition) is 1. The Kier molecular flexibility index (Phi) is 5.05. The minimum atomic E-state index is -0.0658. The van der Waals surface area contributed by atoms with E-state index in [-0.39, 0.29) is 11.8 Å². The van der Waals surface area contributed by atoms with Crippen molar-refractivity contribution >= 4 is 17.5 Å². The number of hydrogen-bond acceptors (Lipinski definition) is 6. The van der Waals surface area contributed by atoms with Crippen molar-refractivity contribution in [2.45, 2.75) is 38.5 Å². The summed E-state index contributed by atoms with van der Waals surface area (Å²) in [5, 5.41) is 16.6. The summed E-state index contributed by atoms with van der Waals surface area (Å²) in [4.78, 5) is 14.8. The molecule has 1 aromatic carbocycles. The fourth-order valence-electron chi connectivity index (χ4n) is 4.56. The first-order chi connectivity index (χ1) is 15.1. The van der Waals surface area contributed by atoms with Gasteiger partial charge >= 0.3 is 0 Å². The predicted molar refractivity (Wildman–Crippen MR) is 118 cm³/mol. The molecule has 2 aliphatic rings. The van der Waals surface area contributed by atoms with E-state index >= 15 is 0 Å². The number of ether oxygens (including phenoxy) is 1. The van der Waals surface area contributed by atoms with Crippen molar-refractivity contribution in [1.82, 2.24) is 20.0 Å². The highest BCUT2D eigenvalue weighted by molar-refractivity contribution is 5.95. The van der Waals surface area contributed by atoms with Crippen LogP contribution in [0.2, 0.25) is 0 Å². The molecule has 0 aliphatic carbocycles. The van der Waals surface area contributed by atoms with Crippen LogP contribution in [0.5, 0.6) is 5.75 Å². The number of carbonyl (C=O) groups is 1. The van der Waals surface area contributed by atoms with E-state index in [1.54, 1.807) is 11.8 Å². The lowest BCUT2D eigenvalue weighted by atomic mass is 9.86. The van der Waals surface area contributed by atoms with Gasteiger partial charge in [-0.05, 0) is 56.0 Å². The van der Waals surface area contributed by atoms with Crippen LogP contribution in [-0.2, 0) is 4.79 Å². The molecule has 4 heterocycles. The lowest BCUT2D eigenvalue weighted by molar-refractivity contribution is -0.116. The molecule has 8 nitrogen and oxygen atoms in total. The van der Waals surface area contributed by atoms with E-state index in [1.807, 2.05) is 43.3 Å². The summed E-state index contributed by atoms with van der Waals surface area (Å²) in [5.74, 6) is 2.86. The summed E-state index contributed by atoms with van der Waals surface area (Å²) < 4.78 is 6.97. The number of nitrogens with one attached hydrogen (secondary N) is 1. The second-order valence-corrected chi connectivity index (χ2v) is 8.13. The molecule has 160 valence electrons. The van der Waals surface area contributed by atoms with Crippen LogP contribution in [0.25, 0.3) is 5.82 Å². The monoisotopic (exact) mass is 418 g/mol. The molecule has 0 spiro atoms. The van der Waals surface area contributed by atoms with E-state index in [4.69, 9.17) is 9.84 Å². The molecule has 3 aromatic rings. The van der Waals surface area contributed by atoms with Crippen LogP contribution >= 0.6 is 0 Å². The highest BCUT2D eigenvalue weighted by atomic mass is 16.5. The Hall–Kier alpha value is -3.42. The molecule has 1 atom stereocenters. The van der Waals surface area contributed by atoms with Gasteiger partial charge < -0.3 is 15.0 Å². The summed E-state index contributed by atoms with van der Waals surface area (Å²) in [6.07, 6.45) is 4.03. The van der Waals surface area contributed by atoms with E-state index in [0.29, 0.717) is 18.1 Å². The van der Waals surface area contributed by atoms with E-state index in [1.165, 1.54) is 19.3 Å². The smallest absolute Gasteiger partial charge is 0.226 e. The number of benzene rings is 1. The first kappa shape index (κ1) is 19.5. The molecule has 8 heteroatoms. The molecule has 1 N–H and O–H groups in total. The van der Waals surface area contributed by atoms with E-state index in [0.717, 1.165) is 41.5 Å². The molecule has 5 rings (SSSR count). The van der Waals surface area contributed by atoms with Crippen molar-refractivity contribution < 1.29 is 9.53 Å². The van der Waals surface area contributed by atoms with Crippen molar-refractivity contribution in [3.8, 4) is 11.6 Å². The van der Waals surface area contributed by atoms with E-state index in [9.17, 15) is 4.79 Å². The summed E-state index contributed by atoms with van der Waals surface area (Å²) in [6, 6.07) is 11.8. The van der Waals surface area contributed by atoms with Gasteiger partial charge in [0.2, 0.25) is 5.91 Å². The second-order valence-electron chi connectivity index (χ2n) is 8.13. The van der Waals surface area contributed by atoms with Crippen LogP contribution in [0.3, 0.4) is 0 Å². The second kappa shape index (κ2) is 8.02. The SMILES string of the molecule is COc1ccc(C2CC(=O)Nc3c2c(C)nn3-c2ccc(N3CCCCC3)nn2)cc1. The van der Waals surface area contributed by atoms with Gasteiger partial charge in [-0.25, -0.2) is 0 Å². The maximum Gasteiger partial charge on any atom is 0.226 e. The zero-order chi connectivity index (χ0) is 21.4. The van der Waals surface area contributed by atoms with Crippen molar-refractivity contribution in [3.05, 3.63) is 53.2 Å². The van der Waals surface area contributed by atoms with Crippen molar-refractivity contribution in [3.63, 3.8) is 0 Å². The molecular formula is C23H26N6O2. The van der Waals surface area contributed by atoms with Gasteiger partial charge in [-0.2, -0.15) is 9.78 Å². The number of anilines is 2. The highest BCUT2D eigenvalue weighted by Gasteiger charge is 2.33. The maximum absolute atomic E-state index is 12.6. The van der Waals surface area contributed by atoms with Crippen LogP contribution in [0.4, 0.5) is 11.6 Å². The van der Waals surface area contributed by atoms with Crippen LogP contribution in [0.15, 0.2) is 36.4 Å². The standard InChI is InChI=1S/C23H26N6O2/c1-15-22-18(16-6-8-17(31-2)9-7-16)14-21(30)24-23(22)29(27-15)20-11-10-19(25-26-20)28-12-4-3-5-13-28/h6-11,18H,3-5,12-14H2,1-2H3,(H,24,30). The van der Waals surface area contributed by atoms with Crippen molar-refractivity contribution in [2.24, 2.45) is 0 Å². The molecule has 2 aromatic heterocycles. The number of fused-ring (bicyclic) bond motifs is 1. The van der Waals surface area contributed by atoms with Gasteiger partial charge in [-0.15, -0.1) is 10.2 Å². The Morgan fingerprint density at radius 2 is 1.71 bits per heavy atom. The summed E-state index contributed by atoms with van der Waals surface area (Å²) >= 11 is 0. The Bertz CT molecular complexity index is 1080. The largest absolute Gasteiger partial charge is 0.497 e. The Labute approximate surface area is 181 Å². The third-order valence-corrected chi connectivity index (χ3v) is 6.15. The lowest BCUT2D eigenvalue weighted by Gasteiger charge is -2.27. The maximum atomic E-state index is 12.6. The van der Waals surface area contributed by atoms with Gasteiger partial charge in [0.1, 0.15) is 11.6 Å². The molecule has 2 aliphatic heterocycles. The fourth-order valence-corrected chi connectivity index (χ4v) is 4.56. The minimum absolute atomic E-state index is 0.0348. The quantitative estimate of drug-likeness (QED) is 0.699. The molecular weight excluding hydrogens is 392 g/mol. The van der Waals surface area contributed by atoms with Crippen LogP contribution in [-0.4, -0.2) is 46.1 Å². The zero-order valence-electron chi connectivity index (χ0n) is 17.8. The Balaban J connectivity index is 1.50. The first-order valence-corrected chi connectivity index (χ1v) is 10.8. The Morgan fingerprint density at radius 3 is 2.39 bits per heavy atom. The summed E-state index contributed by atoms with van der Waals surface area (Å²) in [5.41, 5.74) is 2.95. The lowest BCUT2D eigenvalue weighted by Crippen LogP contribution is -2.30. The molecule has 31 heavy (non-hydrogen) atoms. The number of aromatic nitrogens is 4. The molecule has 1 unspecified atom stereocenters. The third kappa shape index (κ3) is 3.62. The highest BCUT2D eigenvalue weighted by Crippen LogP contribution is 2.40. The topological polar surface area (TPSA) is 85.2 Å². The average Bonchev–Trinajstić information content (AvgIpc) is 3.15. The van der Waals surface area contributed by atoms with Crippen LogP contribution in [0.1, 0.15) is 48.4 Å². The van der Waals surface area contributed by atoms with Gasteiger partial charge in [0.05, 0.1) is 12.8 Å². The molecule has 0 radical (unpaired) electrons. The van der Waals surface area contributed by atoms with Gasteiger partial charge in [0, 0.05) is 31.0 Å². The van der Waals surface area contributed by atoms with E-state index in [2.05, 4.69) is 20.4 Å². The van der Waals surface area contributed by atoms with E-state index < -0.39 is 0 Å². The van der Waals surface area contributed by atoms with Crippen LogP contribution < -0.4 is 15.0 Å². The predicted octanol–water partition coefficient (Wildman–Crippen LogP) is 3.44. The average molecular weight is 419 g/mol. The summed E-state index contributed by atoms with van der Waals surface area (Å²) in [7, 11) is 1.65. The Morgan fingerprint density at radius 1 is 1.00 bits per heavy atom. The molecule has 1 fully saturated rings. The number of methoxy groups -OCH3 is 1. The molecule has 1 saturated heterocycles.